The third-order valence-electron chi connectivity index (χ3n) is 3.11. The summed E-state index contributed by atoms with van der Waals surface area (Å²) in [6, 6.07) is 8.41. The van der Waals surface area contributed by atoms with Gasteiger partial charge in [0.25, 0.3) is 0 Å². The molecule has 1 aromatic carbocycles. The van der Waals surface area contributed by atoms with Crippen molar-refractivity contribution in [3.05, 3.63) is 35.9 Å². The Bertz CT molecular complexity index is 446. The van der Waals surface area contributed by atoms with E-state index in [2.05, 4.69) is 16.7 Å². The number of amides is 1. The van der Waals surface area contributed by atoms with Gasteiger partial charge in [0.1, 0.15) is 0 Å². The first-order valence-electron chi connectivity index (χ1n) is 6.39. The molecule has 1 amide bonds. The fourth-order valence-electron chi connectivity index (χ4n) is 2.10. The van der Waals surface area contributed by atoms with Crippen LogP contribution in [0.4, 0.5) is 4.79 Å². The van der Waals surface area contributed by atoms with E-state index in [-0.39, 0.29) is 0 Å². The van der Waals surface area contributed by atoms with Gasteiger partial charge in [0.15, 0.2) is 0 Å². The molecular weight excluding hydrogens is 246 g/mol. The zero-order chi connectivity index (χ0) is 13.7. The zero-order valence-corrected chi connectivity index (χ0v) is 10.9. The molecule has 2 rings (SSSR count). The monoisotopic (exact) mass is 263 g/mol. The van der Waals surface area contributed by atoms with Crippen LogP contribution in [0.25, 0.3) is 0 Å². The van der Waals surface area contributed by atoms with Gasteiger partial charge in [-0.15, -0.1) is 0 Å². The fraction of sp³-hybridized carbons (Fsp3) is 0.429. The highest BCUT2D eigenvalue weighted by Crippen LogP contribution is 2.16. The van der Waals surface area contributed by atoms with Crippen molar-refractivity contribution >= 4 is 12.1 Å². The molecule has 0 aliphatic carbocycles. The number of piperidine rings is 1. The topological polar surface area (TPSA) is 55.8 Å². The Balaban J connectivity index is 1.82. The SMILES string of the molecule is CC1CCCN(C(=O)OOC(=O)c2ccccc2)C1. The number of benzene rings is 1. The molecule has 0 saturated carbocycles. The van der Waals surface area contributed by atoms with Crippen LogP contribution in [0.5, 0.6) is 0 Å². The minimum Gasteiger partial charge on any atom is -0.305 e. The number of nitrogens with zero attached hydrogens (tertiary/aromatic N) is 1. The smallest absolute Gasteiger partial charge is 0.305 e. The van der Waals surface area contributed by atoms with Gasteiger partial charge in [-0.1, -0.05) is 25.1 Å². The van der Waals surface area contributed by atoms with Crippen LogP contribution in [0.1, 0.15) is 30.1 Å². The molecule has 5 nitrogen and oxygen atoms in total. The van der Waals surface area contributed by atoms with Gasteiger partial charge in [-0.2, -0.15) is 0 Å². The van der Waals surface area contributed by atoms with Crippen molar-refractivity contribution in [3.63, 3.8) is 0 Å². The van der Waals surface area contributed by atoms with Gasteiger partial charge >= 0.3 is 12.1 Å². The van der Waals surface area contributed by atoms with Gasteiger partial charge < -0.3 is 4.90 Å². The highest BCUT2D eigenvalue weighted by molar-refractivity contribution is 5.89. The van der Waals surface area contributed by atoms with Crippen molar-refractivity contribution in [2.45, 2.75) is 19.8 Å². The Hall–Kier alpha value is -2.04. The summed E-state index contributed by atoms with van der Waals surface area (Å²) < 4.78 is 0. The highest BCUT2D eigenvalue weighted by atomic mass is 17.2. The quantitative estimate of drug-likeness (QED) is 0.577. The van der Waals surface area contributed by atoms with Crippen LogP contribution in [0.2, 0.25) is 0 Å². The number of rotatable bonds is 1. The second kappa shape index (κ2) is 6.22. The van der Waals surface area contributed by atoms with Crippen molar-refractivity contribution in [3.8, 4) is 0 Å². The van der Waals surface area contributed by atoms with Crippen LogP contribution in [-0.4, -0.2) is 30.1 Å². The molecule has 19 heavy (non-hydrogen) atoms. The largest absolute Gasteiger partial charge is 0.453 e. The zero-order valence-electron chi connectivity index (χ0n) is 10.9. The van der Waals surface area contributed by atoms with Gasteiger partial charge in [-0.05, 0) is 30.9 Å². The lowest BCUT2D eigenvalue weighted by Gasteiger charge is -2.29. The van der Waals surface area contributed by atoms with Crippen LogP contribution in [0, 0.1) is 5.92 Å². The molecule has 0 N–H and O–H groups in total. The van der Waals surface area contributed by atoms with Crippen LogP contribution in [0.3, 0.4) is 0 Å². The third-order valence-corrected chi connectivity index (χ3v) is 3.11. The van der Waals surface area contributed by atoms with E-state index in [0.29, 0.717) is 24.6 Å². The van der Waals surface area contributed by atoms with Gasteiger partial charge in [-0.3, -0.25) is 0 Å². The maximum Gasteiger partial charge on any atom is 0.453 e. The molecule has 0 radical (unpaired) electrons. The van der Waals surface area contributed by atoms with Crippen molar-refractivity contribution in [1.29, 1.82) is 0 Å². The van der Waals surface area contributed by atoms with Crippen LogP contribution in [0.15, 0.2) is 30.3 Å². The second-order valence-electron chi connectivity index (χ2n) is 4.78. The summed E-state index contributed by atoms with van der Waals surface area (Å²) >= 11 is 0. The predicted octanol–water partition coefficient (Wildman–Crippen LogP) is 2.63. The fourth-order valence-corrected chi connectivity index (χ4v) is 2.10. The van der Waals surface area contributed by atoms with E-state index in [9.17, 15) is 9.59 Å². The van der Waals surface area contributed by atoms with Crippen LogP contribution < -0.4 is 0 Å². The maximum atomic E-state index is 11.7. The van der Waals surface area contributed by atoms with Gasteiger partial charge in [0, 0.05) is 13.1 Å². The molecule has 0 spiro atoms. The van der Waals surface area contributed by atoms with E-state index in [1.54, 1.807) is 35.2 Å². The summed E-state index contributed by atoms with van der Waals surface area (Å²) in [7, 11) is 0. The van der Waals surface area contributed by atoms with E-state index in [4.69, 9.17) is 0 Å². The van der Waals surface area contributed by atoms with Crippen LogP contribution >= 0.6 is 0 Å². The Morgan fingerprint density at radius 2 is 1.95 bits per heavy atom. The molecular formula is C14H17NO4. The van der Waals surface area contributed by atoms with E-state index >= 15 is 0 Å². The molecule has 102 valence electrons. The molecule has 0 aromatic heterocycles. The predicted molar refractivity (Wildman–Crippen MR) is 68.3 cm³/mol. The maximum absolute atomic E-state index is 11.7. The average molecular weight is 263 g/mol. The van der Waals surface area contributed by atoms with Crippen molar-refractivity contribution in [1.82, 2.24) is 4.90 Å². The first-order chi connectivity index (χ1) is 9.16. The van der Waals surface area contributed by atoms with E-state index < -0.39 is 12.1 Å². The Morgan fingerprint density at radius 3 is 2.63 bits per heavy atom. The summed E-state index contributed by atoms with van der Waals surface area (Å²) in [6.45, 7) is 3.36. The van der Waals surface area contributed by atoms with E-state index in [1.807, 2.05) is 0 Å². The van der Waals surface area contributed by atoms with E-state index in [1.165, 1.54) is 0 Å². The molecule has 1 aliphatic heterocycles. The molecule has 1 heterocycles. The Kier molecular flexibility index (Phi) is 4.39. The molecule has 1 aromatic rings. The van der Waals surface area contributed by atoms with Gasteiger partial charge in [0.2, 0.25) is 0 Å². The van der Waals surface area contributed by atoms with Gasteiger partial charge in [0.05, 0.1) is 5.56 Å². The summed E-state index contributed by atoms with van der Waals surface area (Å²) in [4.78, 5) is 34.0. The summed E-state index contributed by atoms with van der Waals surface area (Å²) in [5.41, 5.74) is 0.349. The Morgan fingerprint density at radius 1 is 1.21 bits per heavy atom. The lowest BCUT2D eigenvalue weighted by atomic mass is 10.0. The summed E-state index contributed by atoms with van der Waals surface area (Å²) in [5.74, 6) is -0.217. The number of likely N-dealkylation sites (tertiary alicyclic amines) is 1. The van der Waals surface area contributed by atoms with Gasteiger partial charge in [-0.25, -0.2) is 19.4 Å². The Labute approximate surface area is 112 Å². The standard InChI is InChI=1S/C14H17NO4/c1-11-6-5-9-15(10-11)14(17)19-18-13(16)12-7-3-2-4-8-12/h2-4,7-8,11H,5-6,9-10H2,1H3. The minimum atomic E-state index is -0.668. The molecule has 1 unspecified atom stereocenters. The summed E-state index contributed by atoms with van der Waals surface area (Å²) in [6.07, 6.45) is 1.45. The first kappa shape index (κ1) is 13.4. The minimum absolute atomic E-state index is 0.349. The van der Waals surface area contributed by atoms with Crippen molar-refractivity contribution in [2.24, 2.45) is 5.92 Å². The molecule has 1 fully saturated rings. The number of carbonyl (C=O) groups excluding carboxylic acids is 2. The lowest BCUT2D eigenvalue weighted by molar-refractivity contribution is -0.193. The number of carbonyl (C=O) groups is 2. The third kappa shape index (κ3) is 3.71. The van der Waals surface area contributed by atoms with Crippen molar-refractivity contribution in [2.75, 3.05) is 13.1 Å². The molecule has 0 bridgehead atoms. The van der Waals surface area contributed by atoms with Crippen molar-refractivity contribution < 1.29 is 19.4 Å². The molecule has 1 aliphatic rings. The van der Waals surface area contributed by atoms with E-state index in [0.717, 1.165) is 12.8 Å². The number of hydrogen-bond acceptors (Lipinski definition) is 4. The molecule has 1 saturated heterocycles. The lowest BCUT2D eigenvalue weighted by Crippen LogP contribution is -2.39. The normalized spacial score (nSPS) is 18.8. The summed E-state index contributed by atoms with van der Waals surface area (Å²) in [5, 5.41) is 0. The first-order valence-corrected chi connectivity index (χ1v) is 6.39. The second-order valence-corrected chi connectivity index (χ2v) is 4.78. The van der Waals surface area contributed by atoms with Crippen LogP contribution in [-0.2, 0) is 9.78 Å². The highest BCUT2D eigenvalue weighted by Gasteiger charge is 2.24. The molecule has 1 atom stereocenters. The average Bonchev–Trinajstić information content (AvgIpc) is 2.45. The number of hydrogen-bond donors (Lipinski definition) is 0. The molecule has 5 heteroatoms.